The van der Waals surface area contributed by atoms with Crippen molar-refractivity contribution in [3.8, 4) is 5.75 Å². The van der Waals surface area contributed by atoms with Crippen molar-refractivity contribution in [3.63, 3.8) is 0 Å². The van der Waals surface area contributed by atoms with Crippen LogP contribution in [0.3, 0.4) is 0 Å². The van der Waals surface area contributed by atoms with Crippen LogP contribution in [0.15, 0.2) is 47.5 Å². The molecule has 0 fully saturated rings. The Morgan fingerprint density at radius 2 is 2.05 bits per heavy atom. The molecule has 2 rings (SSSR count). The van der Waals surface area contributed by atoms with Gasteiger partial charge in [0.15, 0.2) is 0 Å². The van der Waals surface area contributed by atoms with E-state index in [1.165, 1.54) is 16.3 Å². The van der Waals surface area contributed by atoms with Crippen LogP contribution in [0.5, 0.6) is 5.75 Å². The lowest BCUT2D eigenvalue weighted by molar-refractivity contribution is 0.356. The van der Waals surface area contributed by atoms with Crippen molar-refractivity contribution in [1.29, 1.82) is 0 Å². The maximum absolute atomic E-state index is 5.82. The van der Waals surface area contributed by atoms with Gasteiger partial charge in [-0.1, -0.05) is 59.8 Å². The van der Waals surface area contributed by atoms with Gasteiger partial charge in [0.1, 0.15) is 12.4 Å². The first kappa shape index (κ1) is 14.1. The Morgan fingerprint density at radius 3 is 2.79 bits per heavy atom. The van der Waals surface area contributed by atoms with E-state index in [4.69, 9.17) is 4.74 Å². The molecule has 1 N–H and O–H groups in total. The van der Waals surface area contributed by atoms with E-state index in [2.05, 4.69) is 65.1 Å². The van der Waals surface area contributed by atoms with Crippen LogP contribution in [-0.4, -0.2) is 13.2 Å². The number of rotatable bonds is 6. The number of hydrogen-bond donors (Lipinski definition) is 1. The third-order valence-electron chi connectivity index (χ3n) is 2.93. The summed E-state index contributed by atoms with van der Waals surface area (Å²) in [5.74, 6) is 0.917. The number of fused-ring (bicyclic) bond motifs is 1. The molecular formula is C16H18BrNO. The molecule has 3 heteroatoms. The molecule has 0 aliphatic rings. The SMILES string of the molecule is C=C(Br)COc1ccc2ccccc2c1CNCC. The van der Waals surface area contributed by atoms with E-state index in [0.29, 0.717) is 6.61 Å². The van der Waals surface area contributed by atoms with Crippen molar-refractivity contribution in [1.82, 2.24) is 5.32 Å². The highest BCUT2D eigenvalue weighted by atomic mass is 79.9. The smallest absolute Gasteiger partial charge is 0.124 e. The molecule has 0 atom stereocenters. The van der Waals surface area contributed by atoms with Crippen LogP contribution in [0.2, 0.25) is 0 Å². The highest BCUT2D eigenvalue weighted by Gasteiger charge is 2.08. The minimum atomic E-state index is 0.484. The van der Waals surface area contributed by atoms with Crippen LogP contribution in [0.25, 0.3) is 10.8 Å². The molecule has 2 nitrogen and oxygen atoms in total. The zero-order chi connectivity index (χ0) is 13.7. The quantitative estimate of drug-likeness (QED) is 0.860. The van der Waals surface area contributed by atoms with Gasteiger partial charge in [0.05, 0.1) is 0 Å². The molecule has 0 spiro atoms. The van der Waals surface area contributed by atoms with Gasteiger partial charge in [0, 0.05) is 16.6 Å². The largest absolute Gasteiger partial charge is 0.488 e. The minimum Gasteiger partial charge on any atom is -0.488 e. The first-order chi connectivity index (χ1) is 9.22. The van der Waals surface area contributed by atoms with E-state index in [0.717, 1.165) is 23.3 Å². The lowest BCUT2D eigenvalue weighted by Gasteiger charge is -2.14. The van der Waals surface area contributed by atoms with Gasteiger partial charge in [-0.25, -0.2) is 0 Å². The molecule has 19 heavy (non-hydrogen) atoms. The molecule has 0 saturated heterocycles. The van der Waals surface area contributed by atoms with Crippen molar-refractivity contribution in [3.05, 3.63) is 53.0 Å². The minimum absolute atomic E-state index is 0.484. The fraction of sp³-hybridized carbons (Fsp3) is 0.250. The maximum atomic E-state index is 5.82. The van der Waals surface area contributed by atoms with Gasteiger partial charge in [-0.2, -0.15) is 0 Å². The first-order valence-corrected chi connectivity index (χ1v) is 7.19. The molecule has 0 aliphatic heterocycles. The molecule has 0 aromatic heterocycles. The summed E-state index contributed by atoms with van der Waals surface area (Å²) in [6.07, 6.45) is 0. The number of hydrogen-bond acceptors (Lipinski definition) is 2. The van der Waals surface area contributed by atoms with Gasteiger partial charge in [0.2, 0.25) is 0 Å². The van der Waals surface area contributed by atoms with Crippen LogP contribution in [-0.2, 0) is 6.54 Å². The lowest BCUT2D eigenvalue weighted by atomic mass is 10.0. The van der Waals surface area contributed by atoms with Gasteiger partial charge in [-0.15, -0.1) is 0 Å². The monoisotopic (exact) mass is 319 g/mol. The standard InChI is InChI=1S/C16H18BrNO/c1-3-18-10-15-14-7-5-4-6-13(14)8-9-16(15)19-11-12(2)17/h4-9,18H,2-3,10-11H2,1H3. The van der Waals surface area contributed by atoms with E-state index in [1.807, 2.05) is 6.07 Å². The lowest BCUT2D eigenvalue weighted by Crippen LogP contribution is -2.13. The summed E-state index contributed by atoms with van der Waals surface area (Å²) < 4.78 is 6.66. The second kappa shape index (κ2) is 6.73. The summed E-state index contributed by atoms with van der Waals surface area (Å²) >= 11 is 3.32. The summed E-state index contributed by atoms with van der Waals surface area (Å²) in [5, 5.41) is 5.84. The zero-order valence-corrected chi connectivity index (χ0v) is 12.7. The Morgan fingerprint density at radius 1 is 1.26 bits per heavy atom. The second-order valence-corrected chi connectivity index (χ2v) is 5.47. The number of nitrogens with one attached hydrogen (secondary N) is 1. The van der Waals surface area contributed by atoms with Gasteiger partial charge < -0.3 is 10.1 Å². The van der Waals surface area contributed by atoms with E-state index >= 15 is 0 Å². The number of ether oxygens (including phenoxy) is 1. The number of benzene rings is 2. The Bertz CT molecular complexity index is 580. The van der Waals surface area contributed by atoms with Crippen LogP contribution >= 0.6 is 15.9 Å². The Balaban J connectivity index is 2.40. The normalized spacial score (nSPS) is 10.6. The molecule has 100 valence electrons. The Labute approximate surface area is 122 Å². The van der Waals surface area contributed by atoms with Gasteiger partial charge in [-0.3, -0.25) is 0 Å². The summed E-state index contributed by atoms with van der Waals surface area (Å²) in [6, 6.07) is 12.5. The Kier molecular flexibility index (Phi) is 5.00. The van der Waals surface area contributed by atoms with E-state index < -0.39 is 0 Å². The van der Waals surface area contributed by atoms with Crippen molar-refractivity contribution in [2.45, 2.75) is 13.5 Å². The van der Waals surface area contributed by atoms with Crippen molar-refractivity contribution < 1.29 is 4.74 Å². The van der Waals surface area contributed by atoms with Crippen LogP contribution in [0.1, 0.15) is 12.5 Å². The third-order valence-corrected chi connectivity index (χ3v) is 3.16. The molecule has 2 aromatic carbocycles. The van der Waals surface area contributed by atoms with Crippen LogP contribution in [0, 0.1) is 0 Å². The summed E-state index contributed by atoms with van der Waals surface area (Å²) in [4.78, 5) is 0. The molecular weight excluding hydrogens is 302 g/mol. The molecule has 0 heterocycles. The van der Waals surface area contributed by atoms with E-state index in [-0.39, 0.29) is 0 Å². The van der Waals surface area contributed by atoms with Crippen LogP contribution in [0.4, 0.5) is 0 Å². The topological polar surface area (TPSA) is 21.3 Å². The average Bonchev–Trinajstić information content (AvgIpc) is 2.43. The van der Waals surface area contributed by atoms with Crippen molar-refractivity contribution in [2.75, 3.05) is 13.2 Å². The Hall–Kier alpha value is -1.32. The van der Waals surface area contributed by atoms with Crippen LogP contribution < -0.4 is 10.1 Å². The molecule has 2 aromatic rings. The first-order valence-electron chi connectivity index (χ1n) is 6.39. The summed E-state index contributed by atoms with van der Waals surface area (Å²) in [6.45, 7) is 8.13. The van der Waals surface area contributed by atoms with Crippen molar-refractivity contribution in [2.24, 2.45) is 0 Å². The highest BCUT2D eigenvalue weighted by Crippen LogP contribution is 2.28. The average molecular weight is 320 g/mol. The van der Waals surface area contributed by atoms with Gasteiger partial charge in [0.25, 0.3) is 0 Å². The van der Waals surface area contributed by atoms with Gasteiger partial charge in [-0.05, 0) is 23.4 Å². The fourth-order valence-corrected chi connectivity index (χ4v) is 2.15. The second-order valence-electron chi connectivity index (χ2n) is 4.35. The summed E-state index contributed by atoms with van der Waals surface area (Å²) in [5.41, 5.74) is 1.20. The maximum Gasteiger partial charge on any atom is 0.124 e. The highest BCUT2D eigenvalue weighted by molar-refractivity contribution is 9.11. The molecule has 0 unspecified atom stereocenters. The molecule has 0 aliphatic carbocycles. The molecule has 0 saturated carbocycles. The number of halogens is 1. The zero-order valence-electron chi connectivity index (χ0n) is 11.1. The predicted octanol–water partition coefficient (Wildman–Crippen LogP) is 4.24. The van der Waals surface area contributed by atoms with Gasteiger partial charge >= 0.3 is 0 Å². The molecule has 0 amide bonds. The predicted molar refractivity (Wildman–Crippen MR) is 84.9 cm³/mol. The summed E-state index contributed by atoms with van der Waals surface area (Å²) in [7, 11) is 0. The fourth-order valence-electron chi connectivity index (χ4n) is 2.04. The van der Waals surface area contributed by atoms with Crippen molar-refractivity contribution >= 4 is 26.7 Å². The molecule has 0 bridgehead atoms. The third kappa shape index (κ3) is 3.58. The van der Waals surface area contributed by atoms with E-state index in [9.17, 15) is 0 Å². The van der Waals surface area contributed by atoms with E-state index in [1.54, 1.807) is 0 Å². The molecule has 0 radical (unpaired) electrons.